The molecule has 2 aliphatic heterocycles. The number of halogens is 1. The highest BCUT2D eigenvalue weighted by molar-refractivity contribution is 5.43. The molecule has 1 aromatic heterocycles. The van der Waals surface area contributed by atoms with Gasteiger partial charge in [-0.25, -0.2) is 0 Å². The molecule has 5 heteroatoms. The zero-order valence-corrected chi connectivity index (χ0v) is 7.60. The van der Waals surface area contributed by atoms with Crippen LogP contribution in [-0.4, -0.2) is 28.6 Å². The van der Waals surface area contributed by atoms with Gasteiger partial charge in [0.25, 0.3) is 0 Å². The average molecular weight is 194 g/mol. The highest BCUT2D eigenvalue weighted by Gasteiger charge is 2.50. The van der Waals surface area contributed by atoms with Gasteiger partial charge in [0.2, 0.25) is 5.95 Å². The Hall–Kier alpha value is -1.23. The van der Waals surface area contributed by atoms with E-state index in [-0.39, 0.29) is 6.04 Å². The molecule has 0 amide bonds. The third kappa shape index (κ3) is 0.957. The van der Waals surface area contributed by atoms with E-state index >= 15 is 0 Å². The molecule has 1 aliphatic carbocycles. The molecule has 1 saturated carbocycles. The van der Waals surface area contributed by atoms with Gasteiger partial charge in [0.15, 0.2) is 5.82 Å². The van der Waals surface area contributed by atoms with Crippen molar-refractivity contribution in [3.8, 4) is 0 Å². The van der Waals surface area contributed by atoms with Gasteiger partial charge < -0.3 is 10.6 Å². The maximum Gasteiger partial charge on any atom is 0.233 e. The summed E-state index contributed by atoms with van der Waals surface area (Å²) >= 11 is 0. The van der Waals surface area contributed by atoms with E-state index in [1.807, 2.05) is 0 Å². The molecule has 0 aromatic carbocycles. The van der Waals surface area contributed by atoms with Gasteiger partial charge in [-0.2, -0.15) is 9.37 Å². The highest BCUT2D eigenvalue weighted by Crippen LogP contribution is 2.41. The lowest BCUT2D eigenvalue weighted by atomic mass is 9.81. The first-order chi connectivity index (χ1) is 6.75. The molecule has 2 bridgehead atoms. The zero-order chi connectivity index (χ0) is 9.71. The Bertz CT molecular complexity index is 370. The van der Waals surface area contributed by atoms with Gasteiger partial charge >= 0.3 is 0 Å². The molecule has 3 aliphatic rings. The maximum absolute atomic E-state index is 12.8. The van der Waals surface area contributed by atoms with Crippen molar-refractivity contribution in [2.24, 2.45) is 11.7 Å². The molecule has 4 rings (SSSR count). The number of nitrogens with zero attached hydrogens (tertiary/aromatic N) is 3. The van der Waals surface area contributed by atoms with Crippen LogP contribution in [0.4, 0.5) is 10.2 Å². The molecule has 3 fully saturated rings. The first kappa shape index (κ1) is 8.11. The number of hydrogen-bond acceptors (Lipinski definition) is 4. The van der Waals surface area contributed by atoms with Gasteiger partial charge in [-0.15, -0.1) is 0 Å². The van der Waals surface area contributed by atoms with E-state index in [1.165, 1.54) is 0 Å². The van der Waals surface area contributed by atoms with Crippen LogP contribution in [-0.2, 0) is 0 Å². The van der Waals surface area contributed by atoms with Crippen LogP contribution in [0.25, 0.3) is 0 Å². The summed E-state index contributed by atoms with van der Waals surface area (Å²) in [5.74, 6) is 0.649. The van der Waals surface area contributed by atoms with E-state index in [2.05, 4.69) is 14.9 Å². The molecule has 14 heavy (non-hydrogen) atoms. The molecular weight excluding hydrogens is 183 g/mol. The Morgan fingerprint density at radius 3 is 2.93 bits per heavy atom. The van der Waals surface area contributed by atoms with Crippen molar-refractivity contribution < 1.29 is 4.39 Å². The van der Waals surface area contributed by atoms with E-state index < -0.39 is 5.95 Å². The number of rotatable bonds is 1. The predicted molar refractivity (Wildman–Crippen MR) is 49.2 cm³/mol. The molecule has 3 unspecified atom stereocenters. The molecule has 4 nitrogen and oxygen atoms in total. The van der Waals surface area contributed by atoms with Crippen molar-refractivity contribution >= 4 is 5.82 Å². The van der Waals surface area contributed by atoms with E-state index in [0.717, 1.165) is 19.2 Å². The number of aromatic nitrogens is 2. The van der Waals surface area contributed by atoms with E-state index in [0.29, 0.717) is 17.8 Å². The van der Waals surface area contributed by atoms with Gasteiger partial charge in [0.1, 0.15) is 0 Å². The Balaban J connectivity index is 1.90. The van der Waals surface area contributed by atoms with Crippen LogP contribution in [0.5, 0.6) is 0 Å². The molecule has 74 valence electrons. The topological polar surface area (TPSA) is 55.0 Å². The standard InChI is InChI=1S/C9H11FN4/c10-7-2-12-3-8(13-7)14-4-5-1-6(14)9(5)11/h2-3,5-6,9H,1,4,11H2. The summed E-state index contributed by atoms with van der Waals surface area (Å²) in [7, 11) is 0. The number of hydrogen-bond donors (Lipinski definition) is 1. The molecule has 3 atom stereocenters. The summed E-state index contributed by atoms with van der Waals surface area (Å²) in [4.78, 5) is 9.66. The first-order valence-corrected chi connectivity index (χ1v) is 4.75. The minimum Gasteiger partial charge on any atom is -0.350 e. The van der Waals surface area contributed by atoms with Crippen LogP contribution in [0.3, 0.4) is 0 Å². The molecule has 0 radical (unpaired) electrons. The van der Waals surface area contributed by atoms with Crippen molar-refractivity contribution in [1.82, 2.24) is 9.97 Å². The van der Waals surface area contributed by atoms with E-state index in [9.17, 15) is 4.39 Å². The van der Waals surface area contributed by atoms with Crippen LogP contribution in [0.2, 0.25) is 0 Å². The number of fused-ring (bicyclic) bond motifs is 1. The lowest BCUT2D eigenvalue weighted by Crippen LogP contribution is -2.49. The Morgan fingerprint density at radius 1 is 1.50 bits per heavy atom. The SMILES string of the molecule is NC1C2CC1N(c1cncc(F)n1)C2. The Morgan fingerprint density at radius 2 is 2.36 bits per heavy atom. The highest BCUT2D eigenvalue weighted by atomic mass is 19.1. The van der Waals surface area contributed by atoms with Crippen LogP contribution >= 0.6 is 0 Å². The summed E-state index contributed by atoms with van der Waals surface area (Å²) in [5.41, 5.74) is 5.91. The molecule has 2 saturated heterocycles. The second kappa shape index (κ2) is 2.63. The summed E-state index contributed by atoms with van der Waals surface area (Å²) in [6, 6.07) is 0.580. The van der Waals surface area contributed by atoms with Crippen molar-refractivity contribution in [1.29, 1.82) is 0 Å². The van der Waals surface area contributed by atoms with Gasteiger partial charge in [-0.3, -0.25) is 4.98 Å². The quantitative estimate of drug-likeness (QED) is 0.691. The van der Waals surface area contributed by atoms with Crippen LogP contribution in [0, 0.1) is 11.9 Å². The fraction of sp³-hybridized carbons (Fsp3) is 0.556. The molecule has 0 spiro atoms. The third-order valence-electron chi connectivity index (χ3n) is 3.25. The van der Waals surface area contributed by atoms with E-state index in [1.54, 1.807) is 6.20 Å². The lowest BCUT2D eigenvalue weighted by Gasteiger charge is -2.33. The Labute approximate surface area is 80.9 Å². The predicted octanol–water partition coefficient (Wildman–Crippen LogP) is 0.151. The minimum atomic E-state index is -0.528. The van der Waals surface area contributed by atoms with Crippen molar-refractivity contribution in [2.45, 2.75) is 18.5 Å². The second-order valence-corrected chi connectivity index (χ2v) is 3.99. The number of anilines is 1. The fourth-order valence-electron chi connectivity index (χ4n) is 2.40. The van der Waals surface area contributed by atoms with Crippen molar-refractivity contribution in [3.05, 3.63) is 18.3 Å². The van der Waals surface area contributed by atoms with Crippen molar-refractivity contribution in [2.75, 3.05) is 11.4 Å². The summed E-state index contributed by atoms with van der Waals surface area (Å²) in [5, 5.41) is 0. The molecule has 1 aromatic rings. The third-order valence-corrected chi connectivity index (χ3v) is 3.25. The van der Waals surface area contributed by atoms with Crippen LogP contribution in [0.1, 0.15) is 6.42 Å². The number of nitrogens with two attached hydrogens (primary N) is 1. The lowest BCUT2D eigenvalue weighted by molar-refractivity contribution is 0.311. The van der Waals surface area contributed by atoms with Gasteiger partial charge in [0, 0.05) is 18.6 Å². The molecular formula is C9H11FN4. The van der Waals surface area contributed by atoms with Gasteiger partial charge in [0.05, 0.1) is 12.4 Å². The van der Waals surface area contributed by atoms with Gasteiger partial charge in [-0.1, -0.05) is 0 Å². The maximum atomic E-state index is 12.8. The molecule has 3 heterocycles. The first-order valence-electron chi connectivity index (χ1n) is 4.75. The smallest absolute Gasteiger partial charge is 0.233 e. The fourth-order valence-corrected chi connectivity index (χ4v) is 2.40. The largest absolute Gasteiger partial charge is 0.350 e. The zero-order valence-electron chi connectivity index (χ0n) is 7.60. The van der Waals surface area contributed by atoms with Crippen LogP contribution < -0.4 is 10.6 Å². The van der Waals surface area contributed by atoms with Crippen LogP contribution in [0.15, 0.2) is 12.4 Å². The summed E-state index contributed by atoms with van der Waals surface area (Å²) < 4.78 is 12.8. The summed E-state index contributed by atoms with van der Waals surface area (Å²) in [6.07, 6.45) is 3.82. The molecule has 2 N–H and O–H groups in total. The average Bonchev–Trinajstić information content (AvgIpc) is 2.74. The minimum absolute atomic E-state index is 0.236. The Kier molecular flexibility index (Phi) is 1.53. The normalized spacial score (nSPS) is 34.4. The van der Waals surface area contributed by atoms with E-state index in [4.69, 9.17) is 5.73 Å². The van der Waals surface area contributed by atoms with Gasteiger partial charge in [-0.05, 0) is 12.3 Å². The monoisotopic (exact) mass is 194 g/mol. The summed E-state index contributed by atoms with van der Waals surface area (Å²) in [6.45, 7) is 0.893. The van der Waals surface area contributed by atoms with Crippen molar-refractivity contribution in [3.63, 3.8) is 0 Å². The second-order valence-electron chi connectivity index (χ2n) is 3.99.